The Kier molecular flexibility index (Phi) is 6.24. The van der Waals surface area contributed by atoms with Crippen LogP contribution in [0.3, 0.4) is 0 Å². The van der Waals surface area contributed by atoms with Crippen molar-refractivity contribution >= 4 is 22.8 Å². The topological polar surface area (TPSA) is 67.2 Å². The molecule has 0 saturated carbocycles. The lowest BCUT2D eigenvalue weighted by Crippen LogP contribution is -2.49. The first-order chi connectivity index (χ1) is 16.9. The Labute approximate surface area is 206 Å². The number of anilines is 1. The molecule has 1 aliphatic rings. The molecule has 7 heteroatoms. The SMILES string of the molecule is Cc1ccccc1C(=O)N1CCN(c2nc(CC(C)C)nc3c2c(C)nn3-c2ccccc2)CC1. The van der Waals surface area contributed by atoms with E-state index in [0.29, 0.717) is 19.0 Å². The highest BCUT2D eigenvalue weighted by molar-refractivity contribution is 5.96. The van der Waals surface area contributed by atoms with Crippen LogP contribution in [0.5, 0.6) is 0 Å². The van der Waals surface area contributed by atoms with Gasteiger partial charge >= 0.3 is 0 Å². The van der Waals surface area contributed by atoms with Crippen LogP contribution in [0.1, 0.15) is 41.3 Å². The van der Waals surface area contributed by atoms with Crippen LogP contribution >= 0.6 is 0 Å². The molecule has 0 radical (unpaired) electrons. The number of hydrogen-bond acceptors (Lipinski definition) is 5. The Morgan fingerprint density at radius 2 is 1.60 bits per heavy atom. The van der Waals surface area contributed by atoms with Crippen molar-refractivity contribution in [2.24, 2.45) is 5.92 Å². The molecule has 1 aliphatic heterocycles. The van der Waals surface area contributed by atoms with Gasteiger partial charge in [-0.25, -0.2) is 14.6 Å². The van der Waals surface area contributed by atoms with E-state index in [9.17, 15) is 4.79 Å². The molecule has 0 N–H and O–H groups in total. The summed E-state index contributed by atoms with van der Waals surface area (Å²) in [5.41, 5.74) is 4.53. The van der Waals surface area contributed by atoms with E-state index in [2.05, 4.69) is 18.7 Å². The maximum atomic E-state index is 13.1. The van der Waals surface area contributed by atoms with E-state index in [4.69, 9.17) is 15.1 Å². The number of piperazine rings is 1. The van der Waals surface area contributed by atoms with Gasteiger partial charge in [-0.05, 0) is 43.5 Å². The third kappa shape index (κ3) is 4.50. The fourth-order valence-corrected chi connectivity index (χ4v) is 4.74. The number of hydrogen-bond donors (Lipinski definition) is 0. The number of fused-ring (bicyclic) bond motifs is 1. The fourth-order valence-electron chi connectivity index (χ4n) is 4.74. The van der Waals surface area contributed by atoms with Crippen LogP contribution < -0.4 is 4.90 Å². The van der Waals surface area contributed by atoms with Crippen LogP contribution in [-0.2, 0) is 6.42 Å². The average molecular weight is 469 g/mol. The maximum Gasteiger partial charge on any atom is 0.254 e. The van der Waals surface area contributed by atoms with Crippen molar-refractivity contribution in [3.63, 3.8) is 0 Å². The van der Waals surface area contributed by atoms with Crippen molar-refractivity contribution in [3.05, 3.63) is 77.2 Å². The highest BCUT2D eigenvalue weighted by Gasteiger charge is 2.27. The summed E-state index contributed by atoms with van der Waals surface area (Å²) in [6, 6.07) is 17.9. The third-order valence-corrected chi connectivity index (χ3v) is 6.56. The maximum absolute atomic E-state index is 13.1. The largest absolute Gasteiger partial charge is 0.352 e. The molecule has 180 valence electrons. The molecule has 0 unspecified atom stereocenters. The smallest absolute Gasteiger partial charge is 0.254 e. The minimum absolute atomic E-state index is 0.101. The highest BCUT2D eigenvalue weighted by Crippen LogP contribution is 2.30. The Morgan fingerprint density at radius 1 is 0.914 bits per heavy atom. The van der Waals surface area contributed by atoms with Crippen molar-refractivity contribution in [1.29, 1.82) is 0 Å². The summed E-state index contributed by atoms with van der Waals surface area (Å²) in [4.78, 5) is 27.4. The summed E-state index contributed by atoms with van der Waals surface area (Å²) in [5, 5.41) is 5.84. The fraction of sp³-hybridized carbons (Fsp3) is 0.357. The first kappa shape index (κ1) is 23.0. The zero-order valence-electron chi connectivity index (χ0n) is 20.9. The minimum Gasteiger partial charge on any atom is -0.352 e. The Bertz CT molecular complexity index is 1350. The average Bonchev–Trinajstić information content (AvgIpc) is 3.20. The molecule has 0 bridgehead atoms. The lowest BCUT2D eigenvalue weighted by Gasteiger charge is -2.36. The molecular weight excluding hydrogens is 436 g/mol. The molecule has 1 saturated heterocycles. The molecule has 4 aromatic rings. The van der Waals surface area contributed by atoms with Gasteiger partial charge in [-0.1, -0.05) is 50.2 Å². The number of carbonyl (C=O) groups excluding carboxylic acids is 1. The third-order valence-electron chi connectivity index (χ3n) is 6.56. The van der Waals surface area contributed by atoms with Gasteiger partial charge in [0.25, 0.3) is 5.91 Å². The van der Waals surface area contributed by atoms with Gasteiger partial charge in [0.2, 0.25) is 0 Å². The molecule has 5 rings (SSSR count). The number of rotatable bonds is 5. The van der Waals surface area contributed by atoms with Gasteiger partial charge in [0.15, 0.2) is 5.65 Å². The quantitative estimate of drug-likeness (QED) is 0.428. The van der Waals surface area contributed by atoms with Crippen LogP contribution in [-0.4, -0.2) is 56.7 Å². The van der Waals surface area contributed by atoms with E-state index in [1.807, 2.05) is 78.0 Å². The van der Waals surface area contributed by atoms with Crippen molar-refractivity contribution in [3.8, 4) is 5.69 Å². The van der Waals surface area contributed by atoms with E-state index in [1.165, 1.54) is 0 Å². The monoisotopic (exact) mass is 468 g/mol. The van der Waals surface area contributed by atoms with Crippen molar-refractivity contribution in [2.75, 3.05) is 31.1 Å². The van der Waals surface area contributed by atoms with Gasteiger partial charge in [-0.2, -0.15) is 5.10 Å². The summed E-state index contributed by atoms with van der Waals surface area (Å²) in [6.45, 7) is 11.1. The van der Waals surface area contributed by atoms with E-state index in [0.717, 1.165) is 64.7 Å². The number of aryl methyl sites for hydroxylation is 2. The Hall–Kier alpha value is -3.74. The predicted molar refractivity (Wildman–Crippen MR) is 139 cm³/mol. The number of carbonyl (C=O) groups is 1. The predicted octanol–water partition coefficient (Wildman–Crippen LogP) is 4.59. The molecule has 7 nitrogen and oxygen atoms in total. The van der Waals surface area contributed by atoms with Crippen LogP contribution in [0.25, 0.3) is 16.7 Å². The lowest BCUT2D eigenvalue weighted by atomic mass is 10.1. The number of para-hydroxylation sites is 1. The molecule has 0 atom stereocenters. The molecule has 2 aromatic carbocycles. The second-order valence-electron chi connectivity index (χ2n) is 9.69. The first-order valence-electron chi connectivity index (χ1n) is 12.3. The molecule has 35 heavy (non-hydrogen) atoms. The molecular formula is C28H32N6O. The summed E-state index contributed by atoms with van der Waals surface area (Å²) >= 11 is 0. The van der Waals surface area contributed by atoms with Crippen LogP contribution in [0.15, 0.2) is 54.6 Å². The van der Waals surface area contributed by atoms with E-state index < -0.39 is 0 Å². The van der Waals surface area contributed by atoms with E-state index in [1.54, 1.807) is 0 Å². The minimum atomic E-state index is 0.101. The summed E-state index contributed by atoms with van der Waals surface area (Å²) in [7, 11) is 0. The zero-order chi connectivity index (χ0) is 24.5. The summed E-state index contributed by atoms with van der Waals surface area (Å²) < 4.78 is 1.93. The molecule has 1 amide bonds. The van der Waals surface area contributed by atoms with Crippen molar-refractivity contribution in [1.82, 2.24) is 24.6 Å². The molecule has 3 heterocycles. The normalized spacial score (nSPS) is 14.2. The van der Waals surface area contributed by atoms with E-state index >= 15 is 0 Å². The second-order valence-corrected chi connectivity index (χ2v) is 9.69. The van der Waals surface area contributed by atoms with Gasteiger partial charge in [0.1, 0.15) is 11.6 Å². The number of amides is 1. The van der Waals surface area contributed by atoms with Crippen molar-refractivity contribution < 1.29 is 4.79 Å². The van der Waals surface area contributed by atoms with Gasteiger partial charge in [-0.3, -0.25) is 4.79 Å². The number of nitrogens with zero attached hydrogens (tertiary/aromatic N) is 6. The second kappa shape index (κ2) is 9.49. The van der Waals surface area contributed by atoms with Gasteiger partial charge in [-0.15, -0.1) is 0 Å². The van der Waals surface area contributed by atoms with Gasteiger partial charge in [0, 0.05) is 38.2 Å². The Morgan fingerprint density at radius 3 is 2.29 bits per heavy atom. The highest BCUT2D eigenvalue weighted by atomic mass is 16.2. The van der Waals surface area contributed by atoms with Crippen LogP contribution in [0.4, 0.5) is 5.82 Å². The zero-order valence-corrected chi connectivity index (χ0v) is 20.9. The van der Waals surface area contributed by atoms with Gasteiger partial charge in [0.05, 0.1) is 16.8 Å². The Balaban J connectivity index is 1.49. The molecule has 1 fully saturated rings. The van der Waals surface area contributed by atoms with E-state index in [-0.39, 0.29) is 5.91 Å². The molecule has 2 aromatic heterocycles. The number of aromatic nitrogens is 4. The van der Waals surface area contributed by atoms with Crippen molar-refractivity contribution in [2.45, 2.75) is 34.1 Å². The summed E-state index contributed by atoms with van der Waals surface area (Å²) in [5.74, 6) is 2.30. The molecule has 0 aliphatic carbocycles. The van der Waals surface area contributed by atoms with Gasteiger partial charge < -0.3 is 9.80 Å². The number of benzene rings is 2. The lowest BCUT2D eigenvalue weighted by molar-refractivity contribution is 0.0746. The summed E-state index contributed by atoms with van der Waals surface area (Å²) in [6.07, 6.45) is 0.799. The standard InChI is InChI=1S/C28H32N6O/c1-19(2)18-24-29-26(25-21(4)31-34(27(25)30-24)22-11-6-5-7-12-22)32-14-16-33(17-15-32)28(35)23-13-9-8-10-20(23)3/h5-13,19H,14-18H2,1-4H3. The van der Waals surface area contributed by atoms with Crippen LogP contribution in [0.2, 0.25) is 0 Å². The molecule has 0 spiro atoms. The van der Waals surface area contributed by atoms with Crippen LogP contribution in [0, 0.1) is 19.8 Å². The first-order valence-corrected chi connectivity index (χ1v) is 12.3.